The number of amides is 1. The highest BCUT2D eigenvalue weighted by molar-refractivity contribution is 7.08. The second-order valence-electron chi connectivity index (χ2n) is 5.48. The van der Waals surface area contributed by atoms with Crippen molar-refractivity contribution in [2.75, 3.05) is 13.2 Å². The molecule has 0 saturated carbocycles. The predicted molar refractivity (Wildman–Crippen MR) is 82.1 cm³/mol. The smallest absolute Gasteiger partial charge is 0.265 e. The summed E-state index contributed by atoms with van der Waals surface area (Å²) in [7, 11) is 0. The fourth-order valence-electron chi connectivity index (χ4n) is 2.69. The van der Waals surface area contributed by atoms with E-state index in [0.29, 0.717) is 41.9 Å². The van der Waals surface area contributed by atoms with Gasteiger partial charge in [0.15, 0.2) is 5.82 Å². The minimum Gasteiger partial charge on any atom is -0.381 e. The highest BCUT2D eigenvalue weighted by Gasteiger charge is 2.32. The monoisotopic (exact) mass is 337 g/mol. The van der Waals surface area contributed by atoms with Crippen molar-refractivity contribution in [2.45, 2.75) is 39.2 Å². The number of nitrogens with one attached hydrogen (secondary N) is 1. The molecule has 1 aliphatic rings. The first-order valence-corrected chi connectivity index (χ1v) is 8.46. The maximum absolute atomic E-state index is 12.6. The molecule has 1 saturated heterocycles. The van der Waals surface area contributed by atoms with Gasteiger partial charge in [0.25, 0.3) is 5.91 Å². The van der Waals surface area contributed by atoms with Crippen LogP contribution in [-0.4, -0.2) is 38.8 Å². The Morgan fingerprint density at radius 3 is 2.87 bits per heavy atom. The van der Waals surface area contributed by atoms with Crippen LogP contribution >= 0.6 is 11.5 Å². The van der Waals surface area contributed by atoms with E-state index in [2.05, 4.69) is 25.0 Å². The maximum Gasteiger partial charge on any atom is 0.265 e. The van der Waals surface area contributed by atoms with Crippen LogP contribution in [0.25, 0.3) is 0 Å². The van der Waals surface area contributed by atoms with Gasteiger partial charge in [0.2, 0.25) is 5.89 Å². The summed E-state index contributed by atoms with van der Waals surface area (Å²) in [6, 6.07) is -0.320. The third-order valence-electron chi connectivity index (χ3n) is 3.93. The molecule has 1 N–H and O–H groups in total. The van der Waals surface area contributed by atoms with Crippen molar-refractivity contribution in [3.05, 3.63) is 22.3 Å². The summed E-state index contributed by atoms with van der Waals surface area (Å²) < 4.78 is 14.6. The zero-order valence-corrected chi connectivity index (χ0v) is 13.9. The fourth-order valence-corrected chi connectivity index (χ4v) is 3.34. The van der Waals surface area contributed by atoms with E-state index in [1.807, 2.05) is 6.92 Å². The van der Waals surface area contributed by atoms with E-state index in [9.17, 15) is 4.79 Å². The van der Waals surface area contributed by atoms with Crippen molar-refractivity contribution in [2.24, 2.45) is 5.92 Å². The van der Waals surface area contributed by atoms with Crippen LogP contribution in [0.5, 0.6) is 0 Å². The van der Waals surface area contributed by atoms with Crippen LogP contribution in [-0.2, 0) is 11.2 Å². The Morgan fingerprint density at radius 1 is 1.43 bits per heavy atom. The molecular formula is C14H19N5O3S. The Kier molecular flexibility index (Phi) is 4.97. The van der Waals surface area contributed by atoms with Crippen LogP contribution in [0.15, 0.2) is 4.52 Å². The second-order valence-corrected chi connectivity index (χ2v) is 6.24. The molecule has 2 aromatic rings. The Morgan fingerprint density at radius 2 is 2.22 bits per heavy atom. The summed E-state index contributed by atoms with van der Waals surface area (Å²) in [5.41, 5.74) is 0.708. The Balaban J connectivity index is 1.82. The molecule has 9 heteroatoms. The van der Waals surface area contributed by atoms with Gasteiger partial charge in [-0.2, -0.15) is 4.98 Å². The lowest BCUT2D eigenvalue weighted by Crippen LogP contribution is -2.36. The van der Waals surface area contributed by atoms with Crippen molar-refractivity contribution < 1.29 is 14.1 Å². The SMILES string of the molecule is CCc1nnsc1C(=O)N[C@@H](c1nc(C)no1)C1CCOCC1. The van der Waals surface area contributed by atoms with Crippen LogP contribution < -0.4 is 5.32 Å². The standard InChI is InChI=1S/C14H19N5O3S/c1-3-10-12(23-19-17-10)13(20)16-11(9-4-6-21-7-5-9)14-15-8(2)18-22-14/h9,11H,3-7H2,1-2H3,(H,16,20)/t11-/m1/s1. The highest BCUT2D eigenvalue weighted by Crippen LogP contribution is 2.30. The minimum absolute atomic E-state index is 0.191. The van der Waals surface area contributed by atoms with E-state index >= 15 is 0 Å². The molecule has 0 radical (unpaired) electrons. The zero-order valence-electron chi connectivity index (χ0n) is 13.1. The number of nitrogens with zero attached hydrogens (tertiary/aromatic N) is 4. The number of hydrogen-bond donors (Lipinski definition) is 1. The number of carbonyl (C=O) groups excluding carboxylic acids is 1. The highest BCUT2D eigenvalue weighted by atomic mass is 32.1. The Hall–Kier alpha value is -1.87. The van der Waals surface area contributed by atoms with Crippen molar-refractivity contribution in [3.8, 4) is 0 Å². The first kappa shape index (κ1) is 16.0. The zero-order chi connectivity index (χ0) is 16.2. The second kappa shape index (κ2) is 7.14. The van der Waals surface area contributed by atoms with Gasteiger partial charge < -0.3 is 14.6 Å². The lowest BCUT2D eigenvalue weighted by Gasteiger charge is -2.28. The fraction of sp³-hybridized carbons (Fsp3) is 0.643. The van der Waals surface area contributed by atoms with Gasteiger partial charge in [0.05, 0.1) is 5.69 Å². The van der Waals surface area contributed by atoms with Crippen molar-refractivity contribution in [1.82, 2.24) is 25.0 Å². The first-order valence-electron chi connectivity index (χ1n) is 7.69. The van der Waals surface area contributed by atoms with Crippen LogP contribution in [0.3, 0.4) is 0 Å². The third kappa shape index (κ3) is 3.56. The maximum atomic E-state index is 12.6. The molecule has 1 fully saturated rings. The van der Waals surface area contributed by atoms with Gasteiger partial charge in [0.1, 0.15) is 10.9 Å². The summed E-state index contributed by atoms with van der Waals surface area (Å²) in [5.74, 6) is 1.01. The average molecular weight is 337 g/mol. The molecule has 0 unspecified atom stereocenters. The third-order valence-corrected chi connectivity index (χ3v) is 4.70. The molecule has 0 aromatic carbocycles. The molecule has 124 valence electrons. The largest absolute Gasteiger partial charge is 0.381 e. The van der Waals surface area contributed by atoms with Crippen LogP contribution in [0.2, 0.25) is 0 Å². The van der Waals surface area contributed by atoms with E-state index in [0.717, 1.165) is 24.4 Å². The van der Waals surface area contributed by atoms with Gasteiger partial charge in [-0.05, 0) is 43.6 Å². The summed E-state index contributed by atoms with van der Waals surface area (Å²) in [6.07, 6.45) is 2.35. The molecule has 1 aliphatic heterocycles. The first-order chi connectivity index (χ1) is 11.2. The Labute approximate surface area is 137 Å². The van der Waals surface area contributed by atoms with Crippen molar-refractivity contribution in [3.63, 3.8) is 0 Å². The molecule has 0 bridgehead atoms. The van der Waals surface area contributed by atoms with E-state index < -0.39 is 0 Å². The predicted octanol–water partition coefficient (Wildman–Crippen LogP) is 1.69. The summed E-state index contributed by atoms with van der Waals surface area (Å²) >= 11 is 1.11. The average Bonchev–Trinajstić information content (AvgIpc) is 3.21. The number of hydrogen-bond acceptors (Lipinski definition) is 8. The lowest BCUT2D eigenvalue weighted by atomic mass is 9.91. The molecule has 3 heterocycles. The van der Waals surface area contributed by atoms with Crippen LogP contribution in [0.4, 0.5) is 0 Å². The molecule has 23 heavy (non-hydrogen) atoms. The number of carbonyl (C=O) groups is 1. The summed E-state index contributed by atoms with van der Waals surface area (Å²) in [4.78, 5) is 17.5. The molecular weight excluding hydrogens is 318 g/mol. The summed E-state index contributed by atoms with van der Waals surface area (Å²) in [6.45, 7) is 5.06. The molecule has 8 nitrogen and oxygen atoms in total. The van der Waals surface area contributed by atoms with Gasteiger partial charge in [0, 0.05) is 13.2 Å². The molecule has 1 atom stereocenters. The lowest BCUT2D eigenvalue weighted by molar-refractivity contribution is 0.0468. The van der Waals surface area contributed by atoms with Gasteiger partial charge in [-0.15, -0.1) is 5.10 Å². The van der Waals surface area contributed by atoms with E-state index in [1.54, 1.807) is 6.92 Å². The van der Waals surface area contributed by atoms with Crippen molar-refractivity contribution >= 4 is 17.4 Å². The molecule has 1 amide bonds. The molecule has 2 aromatic heterocycles. The summed E-state index contributed by atoms with van der Waals surface area (Å²) in [5, 5.41) is 10.9. The topological polar surface area (TPSA) is 103 Å². The van der Waals surface area contributed by atoms with Crippen molar-refractivity contribution in [1.29, 1.82) is 0 Å². The number of ether oxygens (including phenoxy) is 1. The van der Waals surface area contributed by atoms with Gasteiger partial charge in [-0.25, -0.2) is 0 Å². The van der Waals surface area contributed by atoms with Crippen LogP contribution in [0.1, 0.15) is 52.9 Å². The van der Waals surface area contributed by atoms with E-state index in [1.165, 1.54) is 0 Å². The number of aromatic nitrogens is 4. The Bertz CT molecular complexity index is 665. The number of aryl methyl sites for hydroxylation is 2. The van der Waals surface area contributed by atoms with E-state index in [-0.39, 0.29) is 17.9 Å². The minimum atomic E-state index is -0.320. The molecule has 3 rings (SSSR count). The van der Waals surface area contributed by atoms with Gasteiger partial charge in [-0.1, -0.05) is 16.6 Å². The van der Waals surface area contributed by atoms with E-state index in [4.69, 9.17) is 9.26 Å². The number of rotatable bonds is 5. The quantitative estimate of drug-likeness (QED) is 0.885. The normalized spacial score (nSPS) is 17.1. The van der Waals surface area contributed by atoms with Gasteiger partial charge >= 0.3 is 0 Å². The van der Waals surface area contributed by atoms with Crippen LogP contribution in [0, 0.1) is 12.8 Å². The van der Waals surface area contributed by atoms with Gasteiger partial charge in [-0.3, -0.25) is 4.79 Å². The molecule has 0 spiro atoms. The molecule has 0 aliphatic carbocycles.